The van der Waals surface area contributed by atoms with Crippen LogP contribution in [0.15, 0.2) is 5.38 Å². The first-order valence-electron chi connectivity index (χ1n) is 7.66. The van der Waals surface area contributed by atoms with Crippen LogP contribution in [0.2, 0.25) is 0 Å². The van der Waals surface area contributed by atoms with E-state index in [0.717, 1.165) is 19.5 Å². The fourth-order valence-electron chi connectivity index (χ4n) is 2.64. The van der Waals surface area contributed by atoms with Crippen molar-refractivity contribution in [3.63, 3.8) is 0 Å². The van der Waals surface area contributed by atoms with E-state index in [4.69, 9.17) is 0 Å². The first-order valence-corrected chi connectivity index (χ1v) is 8.54. The van der Waals surface area contributed by atoms with Gasteiger partial charge in [-0.2, -0.15) is 13.2 Å². The van der Waals surface area contributed by atoms with E-state index in [0.29, 0.717) is 10.7 Å². The van der Waals surface area contributed by atoms with Crippen molar-refractivity contribution in [2.24, 2.45) is 5.41 Å². The largest absolute Gasteiger partial charge is 0.389 e. The lowest BCUT2D eigenvalue weighted by atomic mass is 9.80. The van der Waals surface area contributed by atoms with Crippen LogP contribution in [0, 0.1) is 5.41 Å². The standard InChI is InChI=1S/C15H22F3N3OS/c1-14(2)9-19-6-4-11(14)21-12(22)7-10-8-23-13(20-10)3-5-15(16,17)18/h8,11,19H,3-7,9H2,1-2H3,(H,21,22). The molecule has 2 N–H and O–H groups in total. The zero-order valence-corrected chi connectivity index (χ0v) is 14.1. The average Bonchev–Trinajstić information content (AvgIpc) is 2.85. The van der Waals surface area contributed by atoms with Gasteiger partial charge in [-0.3, -0.25) is 4.79 Å². The number of nitrogens with zero attached hydrogens (tertiary/aromatic N) is 1. The van der Waals surface area contributed by atoms with E-state index in [-0.39, 0.29) is 30.2 Å². The van der Waals surface area contributed by atoms with Crippen molar-refractivity contribution in [2.75, 3.05) is 13.1 Å². The molecular weight excluding hydrogens is 327 g/mol. The zero-order valence-electron chi connectivity index (χ0n) is 13.3. The molecule has 0 saturated carbocycles. The molecule has 1 aromatic rings. The Morgan fingerprint density at radius 2 is 2.26 bits per heavy atom. The summed E-state index contributed by atoms with van der Waals surface area (Å²) in [6.45, 7) is 5.91. The minimum absolute atomic E-state index is 0.0200. The maximum atomic E-state index is 12.2. The average molecular weight is 349 g/mol. The van der Waals surface area contributed by atoms with Crippen LogP contribution < -0.4 is 10.6 Å². The molecule has 1 fully saturated rings. The first kappa shape index (κ1) is 18.2. The second-order valence-corrected chi connectivity index (χ2v) is 7.54. The van der Waals surface area contributed by atoms with Crippen molar-refractivity contribution >= 4 is 17.2 Å². The fraction of sp³-hybridized carbons (Fsp3) is 0.733. The Morgan fingerprint density at radius 3 is 2.91 bits per heavy atom. The Balaban J connectivity index is 1.85. The molecule has 23 heavy (non-hydrogen) atoms. The number of halogens is 3. The maximum absolute atomic E-state index is 12.2. The van der Waals surface area contributed by atoms with E-state index in [1.807, 2.05) is 0 Å². The van der Waals surface area contributed by atoms with Gasteiger partial charge in [0.25, 0.3) is 0 Å². The van der Waals surface area contributed by atoms with Crippen molar-refractivity contribution in [1.29, 1.82) is 0 Å². The maximum Gasteiger partial charge on any atom is 0.389 e. The molecular formula is C15H22F3N3OS. The summed E-state index contributed by atoms with van der Waals surface area (Å²) in [7, 11) is 0. The van der Waals surface area contributed by atoms with E-state index in [1.165, 1.54) is 11.3 Å². The molecule has 0 aliphatic carbocycles. The summed E-state index contributed by atoms with van der Waals surface area (Å²) in [5.74, 6) is -0.127. The molecule has 4 nitrogen and oxygen atoms in total. The predicted molar refractivity (Wildman–Crippen MR) is 83.4 cm³/mol. The summed E-state index contributed by atoms with van der Waals surface area (Å²) in [6.07, 6.45) is -4.20. The van der Waals surface area contributed by atoms with E-state index < -0.39 is 12.6 Å². The quantitative estimate of drug-likeness (QED) is 0.859. The Bertz CT molecular complexity index is 542. The third-order valence-corrected chi connectivity index (χ3v) is 4.99. The number of carbonyl (C=O) groups excluding carboxylic acids is 1. The number of piperidine rings is 1. The van der Waals surface area contributed by atoms with Crippen molar-refractivity contribution in [3.8, 4) is 0 Å². The van der Waals surface area contributed by atoms with E-state index in [2.05, 4.69) is 29.5 Å². The van der Waals surface area contributed by atoms with Crippen molar-refractivity contribution in [2.45, 2.75) is 51.7 Å². The summed E-state index contributed by atoms with van der Waals surface area (Å²) in [5.41, 5.74) is 0.518. The highest BCUT2D eigenvalue weighted by Crippen LogP contribution is 2.25. The molecule has 1 atom stereocenters. The number of amides is 1. The van der Waals surface area contributed by atoms with Crippen LogP contribution in [0.5, 0.6) is 0 Å². The third-order valence-electron chi connectivity index (χ3n) is 4.03. The van der Waals surface area contributed by atoms with Gasteiger partial charge < -0.3 is 10.6 Å². The number of nitrogens with one attached hydrogen (secondary N) is 2. The Hall–Kier alpha value is -1.15. The number of rotatable bonds is 5. The van der Waals surface area contributed by atoms with E-state index >= 15 is 0 Å². The van der Waals surface area contributed by atoms with Crippen LogP contribution in [0.1, 0.15) is 37.4 Å². The second-order valence-electron chi connectivity index (χ2n) is 6.60. The number of alkyl halides is 3. The number of hydrogen-bond donors (Lipinski definition) is 2. The van der Waals surface area contributed by atoms with Crippen LogP contribution in [0.25, 0.3) is 0 Å². The number of aryl methyl sites for hydroxylation is 1. The highest BCUT2D eigenvalue weighted by molar-refractivity contribution is 7.09. The minimum Gasteiger partial charge on any atom is -0.352 e. The van der Waals surface area contributed by atoms with Gasteiger partial charge in [0.1, 0.15) is 0 Å². The summed E-state index contributed by atoms with van der Waals surface area (Å²) >= 11 is 1.18. The van der Waals surface area contributed by atoms with Crippen molar-refractivity contribution < 1.29 is 18.0 Å². The summed E-state index contributed by atoms with van der Waals surface area (Å²) in [5, 5.41) is 8.42. The lowest BCUT2D eigenvalue weighted by Crippen LogP contribution is -2.54. The highest BCUT2D eigenvalue weighted by atomic mass is 32.1. The van der Waals surface area contributed by atoms with Gasteiger partial charge in [-0.25, -0.2) is 4.98 Å². The van der Waals surface area contributed by atoms with Crippen LogP contribution >= 0.6 is 11.3 Å². The van der Waals surface area contributed by atoms with Gasteiger partial charge in [0, 0.05) is 30.8 Å². The third kappa shape index (κ3) is 5.76. The predicted octanol–water partition coefficient (Wildman–Crippen LogP) is 2.68. The van der Waals surface area contributed by atoms with Gasteiger partial charge >= 0.3 is 6.18 Å². The highest BCUT2D eigenvalue weighted by Gasteiger charge is 2.33. The zero-order chi connectivity index (χ0) is 17.1. The van der Waals surface area contributed by atoms with E-state index in [1.54, 1.807) is 5.38 Å². The van der Waals surface area contributed by atoms with Gasteiger partial charge in [-0.15, -0.1) is 11.3 Å². The van der Waals surface area contributed by atoms with Gasteiger partial charge in [0.2, 0.25) is 5.91 Å². The monoisotopic (exact) mass is 349 g/mol. The van der Waals surface area contributed by atoms with Gasteiger partial charge in [0.05, 0.1) is 17.1 Å². The molecule has 2 heterocycles. The van der Waals surface area contributed by atoms with Gasteiger partial charge in [-0.05, 0) is 18.4 Å². The molecule has 0 aromatic carbocycles. The minimum atomic E-state index is -4.18. The molecule has 0 bridgehead atoms. The lowest BCUT2D eigenvalue weighted by Gasteiger charge is -2.39. The molecule has 2 rings (SSSR count). The topological polar surface area (TPSA) is 54.0 Å². The van der Waals surface area contributed by atoms with Crippen molar-refractivity contribution in [3.05, 3.63) is 16.1 Å². The van der Waals surface area contributed by atoms with E-state index in [9.17, 15) is 18.0 Å². The molecule has 1 aliphatic heterocycles. The SMILES string of the molecule is CC1(C)CNCCC1NC(=O)Cc1csc(CCC(F)(F)F)n1. The Labute approximate surface area is 137 Å². The molecule has 0 radical (unpaired) electrons. The lowest BCUT2D eigenvalue weighted by molar-refractivity contribution is -0.134. The molecule has 1 amide bonds. The molecule has 0 spiro atoms. The number of hydrogen-bond acceptors (Lipinski definition) is 4. The van der Waals surface area contributed by atoms with Gasteiger partial charge in [0.15, 0.2) is 0 Å². The fourth-order valence-corrected chi connectivity index (χ4v) is 3.44. The summed E-state index contributed by atoms with van der Waals surface area (Å²) < 4.78 is 36.6. The van der Waals surface area contributed by atoms with Gasteiger partial charge in [-0.1, -0.05) is 13.8 Å². The number of thiazole rings is 1. The smallest absolute Gasteiger partial charge is 0.352 e. The van der Waals surface area contributed by atoms with Crippen LogP contribution in [-0.4, -0.2) is 36.2 Å². The number of carbonyl (C=O) groups is 1. The molecule has 8 heteroatoms. The molecule has 1 unspecified atom stereocenters. The van der Waals surface area contributed by atoms with Crippen LogP contribution in [0.3, 0.4) is 0 Å². The normalized spacial score (nSPS) is 21.2. The molecule has 130 valence electrons. The molecule has 1 saturated heterocycles. The summed E-state index contributed by atoms with van der Waals surface area (Å²) in [6, 6.07) is 0.0968. The molecule has 1 aliphatic rings. The number of aromatic nitrogens is 1. The Kier molecular flexibility index (Phi) is 5.67. The first-order chi connectivity index (χ1) is 10.7. The van der Waals surface area contributed by atoms with Crippen LogP contribution in [0.4, 0.5) is 13.2 Å². The molecule has 1 aromatic heterocycles. The van der Waals surface area contributed by atoms with Crippen LogP contribution in [-0.2, 0) is 17.6 Å². The second kappa shape index (κ2) is 7.17. The van der Waals surface area contributed by atoms with Crippen molar-refractivity contribution in [1.82, 2.24) is 15.6 Å². The Morgan fingerprint density at radius 1 is 1.52 bits per heavy atom. The summed E-state index contributed by atoms with van der Waals surface area (Å²) in [4.78, 5) is 16.3.